The fourth-order valence-electron chi connectivity index (χ4n) is 0.944. The van der Waals surface area contributed by atoms with Gasteiger partial charge in [0.1, 0.15) is 6.04 Å². The Hall–Kier alpha value is -0.570. The molecule has 0 aliphatic rings. The van der Waals surface area contributed by atoms with Crippen LogP contribution in [0, 0.1) is 0 Å². The molecule has 0 spiro atoms. The van der Waals surface area contributed by atoms with Crippen molar-refractivity contribution in [1.29, 1.82) is 0 Å². The molecule has 0 aromatic carbocycles. The molecule has 0 bridgehead atoms. The number of carbonyl (C=O) groups excluding carboxylic acids is 1. The van der Waals surface area contributed by atoms with Crippen LogP contribution in [0.2, 0.25) is 0 Å². The highest BCUT2D eigenvalue weighted by Gasteiger charge is 2.10. The van der Waals surface area contributed by atoms with Crippen molar-refractivity contribution in [2.24, 2.45) is 0 Å². The van der Waals surface area contributed by atoms with Gasteiger partial charge in [0.2, 0.25) is 0 Å². The standard InChI is InChI=1S/C10H21NO2/c1-4-5-6-7-8-13-10(12)9(2)11-3/h9,11H,4-8H2,1-3H3. The summed E-state index contributed by atoms with van der Waals surface area (Å²) in [6, 6.07) is -0.189. The predicted octanol–water partition coefficient (Wildman–Crippen LogP) is 1.72. The highest BCUT2D eigenvalue weighted by atomic mass is 16.5. The summed E-state index contributed by atoms with van der Waals surface area (Å²) in [5.74, 6) is -0.154. The number of carbonyl (C=O) groups is 1. The van der Waals surface area contributed by atoms with Gasteiger partial charge in [0, 0.05) is 0 Å². The lowest BCUT2D eigenvalue weighted by atomic mass is 10.2. The maximum absolute atomic E-state index is 11.1. The lowest BCUT2D eigenvalue weighted by Gasteiger charge is -2.09. The van der Waals surface area contributed by atoms with E-state index in [0.29, 0.717) is 6.61 Å². The Morgan fingerprint density at radius 2 is 2.08 bits per heavy atom. The van der Waals surface area contributed by atoms with Gasteiger partial charge in [-0.1, -0.05) is 26.2 Å². The van der Waals surface area contributed by atoms with Crippen LogP contribution in [0.1, 0.15) is 39.5 Å². The predicted molar refractivity (Wildman–Crippen MR) is 53.6 cm³/mol. The van der Waals surface area contributed by atoms with Gasteiger partial charge in [-0.25, -0.2) is 0 Å². The van der Waals surface area contributed by atoms with Crippen molar-refractivity contribution < 1.29 is 9.53 Å². The van der Waals surface area contributed by atoms with Gasteiger partial charge in [-0.05, 0) is 20.4 Å². The van der Waals surface area contributed by atoms with Gasteiger partial charge in [0.15, 0.2) is 0 Å². The van der Waals surface area contributed by atoms with E-state index in [1.807, 2.05) is 0 Å². The Kier molecular flexibility index (Phi) is 7.69. The molecule has 1 unspecified atom stereocenters. The van der Waals surface area contributed by atoms with Crippen LogP contribution in [0.4, 0.5) is 0 Å². The number of likely N-dealkylation sites (N-methyl/N-ethyl adjacent to an activating group) is 1. The Balaban J connectivity index is 3.27. The SMILES string of the molecule is CCCCCCOC(=O)C(C)NC. The first kappa shape index (κ1) is 12.4. The van der Waals surface area contributed by atoms with E-state index in [0.717, 1.165) is 12.8 Å². The van der Waals surface area contributed by atoms with E-state index in [9.17, 15) is 4.79 Å². The molecule has 13 heavy (non-hydrogen) atoms. The van der Waals surface area contributed by atoms with Gasteiger partial charge < -0.3 is 10.1 Å². The highest BCUT2D eigenvalue weighted by Crippen LogP contribution is 1.99. The Bertz CT molecular complexity index is 137. The third kappa shape index (κ3) is 6.58. The minimum absolute atomic E-state index is 0.154. The van der Waals surface area contributed by atoms with Crippen LogP contribution >= 0.6 is 0 Å². The van der Waals surface area contributed by atoms with E-state index in [-0.39, 0.29) is 12.0 Å². The molecule has 1 N–H and O–H groups in total. The molecule has 0 fully saturated rings. The van der Waals surface area contributed by atoms with Crippen LogP contribution in [0.5, 0.6) is 0 Å². The van der Waals surface area contributed by atoms with E-state index < -0.39 is 0 Å². The minimum Gasteiger partial charge on any atom is -0.465 e. The number of hydrogen-bond donors (Lipinski definition) is 1. The average Bonchev–Trinajstić information content (AvgIpc) is 2.16. The summed E-state index contributed by atoms with van der Waals surface area (Å²) in [5, 5.41) is 2.84. The molecule has 78 valence electrons. The second-order valence-corrected chi connectivity index (χ2v) is 3.24. The first-order chi connectivity index (χ1) is 6.22. The quantitative estimate of drug-likeness (QED) is 0.487. The molecular formula is C10H21NO2. The topological polar surface area (TPSA) is 38.3 Å². The Labute approximate surface area is 80.8 Å². The lowest BCUT2D eigenvalue weighted by molar-refractivity contribution is -0.145. The van der Waals surface area contributed by atoms with E-state index in [1.54, 1.807) is 14.0 Å². The zero-order valence-corrected chi connectivity index (χ0v) is 8.93. The zero-order chi connectivity index (χ0) is 10.1. The van der Waals surface area contributed by atoms with Crippen LogP contribution in [0.25, 0.3) is 0 Å². The molecule has 0 heterocycles. The van der Waals surface area contributed by atoms with Gasteiger partial charge in [-0.2, -0.15) is 0 Å². The molecule has 0 amide bonds. The maximum Gasteiger partial charge on any atom is 0.322 e. The molecule has 0 aliphatic carbocycles. The Morgan fingerprint density at radius 3 is 2.62 bits per heavy atom. The van der Waals surface area contributed by atoms with Crippen LogP contribution in [0.15, 0.2) is 0 Å². The molecular weight excluding hydrogens is 166 g/mol. The average molecular weight is 187 g/mol. The fraction of sp³-hybridized carbons (Fsp3) is 0.900. The number of unbranched alkanes of at least 4 members (excludes halogenated alkanes) is 3. The minimum atomic E-state index is -0.189. The summed E-state index contributed by atoms with van der Waals surface area (Å²) in [4.78, 5) is 11.1. The van der Waals surface area contributed by atoms with Gasteiger partial charge >= 0.3 is 5.97 Å². The molecule has 3 heteroatoms. The fourth-order valence-corrected chi connectivity index (χ4v) is 0.944. The van der Waals surface area contributed by atoms with Crippen molar-refractivity contribution in [3.8, 4) is 0 Å². The molecule has 0 saturated heterocycles. The third-order valence-electron chi connectivity index (χ3n) is 2.03. The molecule has 0 saturated carbocycles. The van der Waals surface area contributed by atoms with Crippen molar-refractivity contribution in [3.05, 3.63) is 0 Å². The van der Waals surface area contributed by atoms with E-state index >= 15 is 0 Å². The number of esters is 1. The highest BCUT2D eigenvalue weighted by molar-refractivity contribution is 5.75. The molecule has 0 aromatic heterocycles. The van der Waals surface area contributed by atoms with Gasteiger partial charge in [-0.15, -0.1) is 0 Å². The number of hydrogen-bond acceptors (Lipinski definition) is 3. The zero-order valence-electron chi connectivity index (χ0n) is 8.93. The second kappa shape index (κ2) is 8.05. The largest absolute Gasteiger partial charge is 0.465 e. The molecule has 0 aromatic rings. The van der Waals surface area contributed by atoms with E-state index in [4.69, 9.17) is 4.74 Å². The van der Waals surface area contributed by atoms with Crippen LogP contribution in [0.3, 0.4) is 0 Å². The molecule has 0 aliphatic heterocycles. The summed E-state index contributed by atoms with van der Waals surface area (Å²) in [6.45, 7) is 4.52. The molecule has 3 nitrogen and oxygen atoms in total. The summed E-state index contributed by atoms with van der Waals surface area (Å²) < 4.78 is 5.04. The van der Waals surface area contributed by atoms with Gasteiger partial charge in [0.05, 0.1) is 6.61 Å². The van der Waals surface area contributed by atoms with E-state index in [2.05, 4.69) is 12.2 Å². The van der Waals surface area contributed by atoms with Crippen molar-refractivity contribution in [3.63, 3.8) is 0 Å². The van der Waals surface area contributed by atoms with Crippen LogP contribution < -0.4 is 5.32 Å². The second-order valence-electron chi connectivity index (χ2n) is 3.24. The number of nitrogens with one attached hydrogen (secondary N) is 1. The van der Waals surface area contributed by atoms with E-state index in [1.165, 1.54) is 12.8 Å². The molecule has 1 atom stereocenters. The van der Waals surface area contributed by atoms with Crippen molar-refractivity contribution in [1.82, 2.24) is 5.32 Å². The molecule has 0 rings (SSSR count). The third-order valence-corrected chi connectivity index (χ3v) is 2.03. The van der Waals surface area contributed by atoms with Crippen molar-refractivity contribution in [2.45, 2.75) is 45.6 Å². The lowest BCUT2D eigenvalue weighted by Crippen LogP contribution is -2.32. The molecule has 0 radical (unpaired) electrons. The summed E-state index contributed by atoms with van der Waals surface area (Å²) in [5.41, 5.74) is 0. The normalized spacial score (nSPS) is 12.5. The number of rotatable bonds is 7. The van der Waals surface area contributed by atoms with Crippen molar-refractivity contribution >= 4 is 5.97 Å². The first-order valence-electron chi connectivity index (χ1n) is 5.06. The summed E-state index contributed by atoms with van der Waals surface area (Å²) in [7, 11) is 1.75. The summed E-state index contributed by atoms with van der Waals surface area (Å²) in [6.07, 6.45) is 4.56. The van der Waals surface area contributed by atoms with Gasteiger partial charge in [0.25, 0.3) is 0 Å². The maximum atomic E-state index is 11.1. The van der Waals surface area contributed by atoms with Crippen LogP contribution in [-0.2, 0) is 9.53 Å². The Morgan fingerprint density at radius 1 is 1.38 bits per heavy atom. The van der Waals surface area contributed by atoms with Crippen molar-refractivity contribution in [2.75, 3.05) is 13.7 Å². The number of ether oxygens (including phenoxy) is 1. The first-order valence-corrected chi connectivity index (χ1v) is 5.06. The van der Waals surface area contributed by atoms with Crippen LogP contribution in [-0.4, -0.2) is 25.7 Å². The monoisotopic (exact) mass is 187 g/mol. The smallest absolute Gasteiger partial charge is 0.322 e. The summed E-state index contributed by atoms with van der Waals surface area (Å²) >= 11 is 0. The van der Waals surface area contributed by atoms with Gasteiger partial charge in [-0.3, -0.25) is 4.79 Å².